The van der Waals surface area contributed by atoms with Crippen LogP contribution in [-0.2, 0) is 19.0 Å². The lowest BCUT2D eigenvalue weighted by Gasteiger charge is -2.13. The molecule has 2 aromatic carbocycles. The number of carbonyl (C=O) groups is 1. The van der Waals surface area contributed by atoms with Crippen molar-refractivity contribution in [3.63, 3.8) is 0 Å². The van der Waals surface area contributed by atoms with Crippen molar-refractivity contribution in [2.75, 3.05) is 16.4 Å². The highest BCUT2D eigenvalue weighted by atomic mass is 35.5. The van der Waals surface area contributed by atoms with E-state index in [4.69, 9.17) is 17.3 Å². The molecule has 0 spiro atoms. The number of amides is 2. The summed E-state index contributed by atoms with van der Waals surface area (Å²) in [7, 11) is 0. The number of nitrogens with one attached hydrogen (secondary N) is 2. The Morgan fingerprint density at radius 1 is 1.03 bits per heavy atom. The number of nitrogens with two attached hydrogens (primary N) is 1. The van der Waals surface area contributed by atoms with E-state index in [0.717, 1.165) is 53.8 Å². The predicted octanol–water partition coefficient (Wildman–Crippen LogP) is 5.81. The van der Waals surface area contributed by atoms with Crippen LogP contribution in [0, 0.1) is 0 Å². The summed E-state index contributed by atoms with van der Waals surface area (Å²) in [5, 5.41) is 4.56. The Bertz CT molecular complexity index is 1420. The van der Waals surface area contributed by atoms with Gasteiger partial charge in [-0.05, 0) is 67.3 Å². The SMILES string of the molecule is Nc1ncnc2c3c(n(-c4ccc(NC(=O)Nc5ccc(Cl)c(C(F)(F)F)c5)cc4)c12)CCC3. The molecule has 174 valence electrons. The van der Waals surface area contributed by atoms with E-state index in [-0.39, 0.29) is 5.69 Å². The minimum Gasteiger partial charge on any atom is -0.382 e. The number of hydrogen-bond donors (Lipinski definition) is 3. The maximum Gasteiger partial charge on any atom is 0.417 e. The van der Waals surface area contributed by atoms with Crippen molar-refractivity contribution in [3.05, 3.63) is 70.6 Å². The van der Waals surface area contributed by atoms with Crippen LogP contribution < -0.4 is 16.4 Å². The number of carbonyl (C=O) groups excluding carboxylic acids is 1. The predicted molar refractivity (Wildman–Crippen MR) is 124 cm³/mol. The number of benzene rings is 2. The molecule has 7 nitrogen and oxygen atoms in total. The van der Waals surface area contributed by atoms with Gasteiger partial charge >= 0.3 is 12.2 Å². The van der Waals surface area contributed by atoms with Gasteiger partial charge in [-0.1, -0.05) is 11.6 Å². The first kappa shape index (κ1) is 22.0. The van der Waals surface area contributed by atoms with E-state index in [1.807, 2.05) is 16.7 Å². The average molecular weight is 487 g/mol. The zero-order chi connectivity index (χ0) is 24.0. The lowest BCUT2D eigenvalue weighted by Crippen LogP contribution is -2.20. The van der Waals surface area contributed by atoms with E-state index in [1.54, 1.807) is 12.1 Å². The fourth-order valence-electron chi connectivity index (χ4n) is 4.29. The summed E-state index contributed by atoms with van der Waals surface area (Å²) in [5.41, 5.74) is 10.3. The van der Waals surface area contributed by atoms with Crippen LogP contribution in [0.3, 0.4) is 0 Å². The Morgan fingerprint density at radius 2 is 1.74 bits per heavy atom. The summed E-state index contributed by atoms with van der Waals surface area (Å²) in [5.74, 6) is 0.391. The first-order valence-electron chi connectivity index (χ1n) is 10.4. The standard InChI is InChI=1S/C23H18ClF3N6O/c24-17-9-6-13(10-16(17)23(25,26)27)32-22(34)31-12-4-7-14(8-5-12)33-18-3-1-2-15(18)19-20(33)21(28)30-11-29-19/h4-11H,1-3H2,(H2,28,29,30)(H2,31,32,34). The molecular weight excluding hydrogens is 469 g/mol. The maximum absolute atomic E-state index is 13.0. The fraction of sp³-hybridized carbons (Fsp3) is 0.174. The second-order valence-corrected chi connectivity index (χ2v) is 8.30. The van der Waals surface area contributed by atoms with Crippen molar-refractivity contribution in [1.29, 1.82) is 0 Å². The summed E-state index contributed by atoms with van der Waals surface area (Å²) in [6, 6.07) is 9.53. The Morgan fingerprint density at radius 3 is 2.47 bits per heavy atom. The smallest absolute Gasteiger partial charge is 0.382 e. The second kappa shape index (κ2) is 8.21. The third kappa shape index (κ3) is 3.90. The summed E-state index contributed by atoms with van der Waals surface area (Å²) < 4.78 is 41.2. The molecule has 0 saturated heterocycles. The van der Waals surface area contributed by atoms with Gasteiger partial charge in [-0.2, -0.15) is 13.2 Å². The number of anilines is 3. The van der Waals surface area contributed by atoms with Gasteiger partial charge in [0.2, 0.25) is 0 Å². The van der Waals surface area contributed by atoms with Crippen LogP contribution in [0.15, 0.2) is 48.8 Å². The molecule has 11 heteroatoms. The molecule has 4 aromatic rings. The Balaban J connectivity index is 1.37. The summed E-state index contributed by atoms with van der Waals surface area (Å²) >= 11 is 5.62. The topological polar surface area (TPSA) is 97.9 Å². The quantitative estimate of drug-likeness (QED) is 0.340. The van der Waals surface area contributed by atoms with E-state index in [0.29, 0.717) is 11.5 Å². The van der Waals surface area contributed by atoms with Gasteiger partial charge in [0.1, 0.15) is 11.8 Å². The van der Waals surface area contributed by atoms with Crippen molar-refractivity contribution in [1.82, 2.24) is 14.5 Å². The van der Waals surface area contributed by atoms with Gasteiger partial charge in [-0.15, -0.1) is 0 Å². The molecule has 2 heterocycles. The van der Waals surface area contributed by atoms with Gasteiger partial charge in [0, 0.05) is 22.8 Å². The molecule has 0 saturated carbocycles. The second-order valence-electron chi connectivity index (χ2n) is 7.89. The molecule has 0 fully saturated rings. The Kier molecular flexibility index (Phi) is 5.32. The minimum atomic E-state index is -4.63. The lowest BCUT2D eigenvalue weighted by atomic mass is 10.2. The van der Waals surface area contributed by atoms with Crippen molar-refractivity contribution in [3.8, 4) is 5.69 Å². The normalized spacial score (nSPS) is 13.2. The first-order valence-corrected chi connectivity index (χ1v) is 10.8. The molecule has 1 aliphatic carbocycles. The molecule has 0 aliphatic heterocycles. The molecule has 1 aliphatic rings. The van der Waals surface area contributed by atoms with E-state index < -0.39 is 22.8 Å². The van der Waals surface area contributed by atoms with E-state index in [1.165, 1.54) is 18.0 Å². The summed E-state index contributed by atoms with van der Waals surface area (Å²) in [4.78, 5) is 20.9. The third-order valence-corrected chi connectivity index (χ3v) is 6.06. The lowest BCUT2D eigenvalue weighted by molar-refractivity contribution is -0.137. The van der Waals surface area contributed by atoms with Crippen LogP contribution in [-0.4, -0.2) is 20.6 Å². The van der Waals surface area contributed by atoms with Crippen LogP contribution in [0.25, 0.3) is 16.7 Å². The summed E-state index contributed by atoms with van der Waals surface area (Å²) in [6.07, 6.45) is -0.307. The number of nitrogens with zero attached hydrogens (tertiary/aromatic N) is 3. The molecule has 2 aromatic heterocycles. The van der Waals surface area contributed by atoms with Crippen LogP contribution in [0.1, 0.15) is 23.2 Å². The monoisotopic (exact) mass is 486 g/mol. The zero-order valence-electron chi connectivity index (χ0n) is 17.6. The maximum atomic E-state index is 13.0. The van der Waals surface area contributed by atoms with Gasteiger partial charge in [-0.3, -0.25) is 0 Å². The minimum absolute atomic E-state index is 0.0318. The first-order chi connectivity index (χ1) is 16.2. The zero-order valence-corrected chi connectivity index (χ0v) is 18.3. The highest BCUT2D eigenvalue weighted by molar-refractivity contribution is 6.31. The molecule has 34 heavy (non-hydrogen) atoms. The number of aryl methyl sites for hydroxylation is 1. The molecule has 4 N–H and O–H groups in total. The number of rotatable bonds is 3. The van der Waals surface area contributed by atoms with Crippen molar-refractivity contribution >= 4 is 45.9 Å². The molecule has 0 bridgehead atoms. The molecule has 0 unspecified atom stereocenters. The molecule has 0 atom stereocenters. The van der Waals surface area contributed by atoms with Gasteiger partial charge in [0.15, 0.2) is 5.82 Å². The fourth-order valence-corrected chi connectivity index (χ4v) is 4.52. The van der Waals surface area contributed by atoms with Crippen molar-refractivity contribution < 1.29 is 18.0 Å². The number of hydrogen-bond acceptors (Lipinski definition) is 4. The average Bonchev–Trinajstić information content (AvgIpc) is 3.37. The number of nitrogen functional groups attached to an aromatic ring is 1. The molecule has 2 amide bonds. The number of fused-ring (bicyclic) bond motifs is 3. The van der Waals surface area contributed by atoms with Gasteiger partial charge in [0.25, 0.3) is 0 Å². The number of alkyl halides is 3. The van der Waals surface area contributed by atoms with Crippen LogP contribution in [0.2, 0.25) is 5.02 Å². The number of halogens is 4. The van der Waals surface area contributed by atoms with E-state index in [9.17, 15) is 18.0 Å². The van der Waals surface area contributed by atoms with Crippen LogP contribution in [0.4, 0.5) is 35.2 Å². The Labute approximate surface area is 196 Å². The van der Waals surface area contributed by atoms with E-state index in [2.05, 4.69) is 20.6 Å². The van der Waals surface area contributed by atoms with Gasteiger partial charge in [-0.25, -0.2) is 14.8 Å². The van der Waals surface area contributed by atoms with E-state index >= 15 is 0 Å². The van der Waals surface area contributed by atoms with Crippen LogP contribution in [0.5, 0.6) is 0 Å². The number of urea groups is 1. The van der Waals surface area contributed by atoms with Gasteiger partial charge in [0.05, 0.1) is 16.1 Å². The number of aromatic nitrogens is 3. The molecule has 0 radical (unpaired) electrons. The van der Waals surface area contributed by atoms with Gasteiger partial charge < -0.3 is 20.9 Å². The largest absolute Gasteiger partial charge is 0.417 e. The third-order valence-electron chi connectivity index (χ3n) is 5.73. The van der Waals surface area contributed by atoms with Crippen LogP contribution >= 0.6 is 11.6 Å². The highest BCUT2D eigenvalue weighted by Gasteiger charge is 2.33. The summed E-state index contributed by atoms with van der Waals surface area (Å²) in [6.45, 7) is 0. The molecule has 5 rings (SSSR count). The van der Waals surface area contributed by atoms with Crippen molar-refractivity contribution in [2.45, 2.75) is 25.4 Å². The molecular formula is C23H18ClF3N6O. The Hall–Kier alpha value is -3.79. The highest BCUT2D eigenvalue weighted by Crippen LogP contribution is 2.37. The van der Waals surface area contributed by atoms with Crippen molar-refractivity contribution in [2.24, 2.45) is 0 Å².